The van der Waals surface area contributed by atoms with Crippen LogP contribution in [-0.2, 0) is 11.6 Å². The molecule has 0 aliphatic carbocycles. The second kappa shape index (κ2) is 2.40. The maximum absolute atomic E-state index is 11.1. The Balaban J connectivity index is 2.50. The lowest BCUT2D eigenvalue weighted by molar-refractivity contribution is 0.190. The highest BCUT2D eigenvalue weighted by Crippen LogP contribution is 2.23. The van der Waals surface area contributed by atoms with Crippen molar-refractivity contribution in [1.82, 2.24) is 0 Å². The Bertz CT molecular complexity index is 293. The van der Waals surface area contributed by atoms with Crippen LogP contribution in [0.1, 0.15) is 5.56 Å². The van der Waals surface area contributed by atoms with Crippen LogP contribution in [0.2, 0.25) is 0 Å². The molecule has 0 spiro atoms. The highest BCUT2D eigenvalue weighted by Gasteiger charge is 2.09. The second-order valence-electron chi connectivity index (χ2n) is 2.54. The van der Waals surface area contributed by atoms with Gasteiger partial charge in [-0.3, -0.25) is 0 Å². The number of allylic oxidation sites excluding steroid dienone is 1. The van der Waals surface area contributed by atoms with E-state index in [9.17, 15) is 5.21 Å². The fraction of sp³-hybridized carbons (Fsp3) is 0.111. The van der Waals surface area contributed by atoms with Crippen molar-refractivity contribution >= 4 is 5.69 Å². The number of para-hydroxylation sites is 1. The van der Waals surface area contributed by atoms with Crippen molar-refractivity contribution in [3.05, 3.63) is 42.1 Å². The lowest BCUT2D eigenvalue weighted by Crippen LogP contribution is -2.12. The molecule has 1 aromatic rings. The monoisotopic (exact) mass is 146 g/mol. The van der Waals surface area contributed by atoms with Crippen LogP contribution in [0.15, 0.2) is 36.5 Å². The van der Waals surface area contributed by atoms with Gasteiger partial charge >= 0.3 is 0 Å². The molecule has 2 nitrogen and oxygen atoms in total. The first-order valence-corrected chi connectivity index (χ1v) is 3.59. The van der Waals surface area contributed by atoms with Gasteiger partial charge in [-0.25, -0.2) is 0 Å². The normalized spacial score (nSPS) is 14.8. The summed E-state index contributed by atoms with van der Waals surface area (Å²) < 4.78 is 0. The molecule has 0 atom stereocenters. The van der Waals surface area contributed by atoms with Crippen molar-refractivity contribution in [2.24, 2.45) is 0 Å². The van der Waals surface area contributed by atoms with Gasteiger partial charge in [0.25, 0.3) is 0 Å². The van der Waals surface area contributed by atoms with Crippen LogP contribution < -0.4 is 5.06 Å². The number of benzene rings is 1. The molecule has 0 aromatic heterocycles. The third-order valence-corrected chi connectivity index (χ3v) is 1.81. The van der Waals surface area contributed by atoms with E-state index in [2.05, 4.69) is 0 Å². The first-order valence-electron chi connectivity index (χ1n) is 3.59. The number of rotatable bonds is 0. The van der Waals surface area contributed by atoms with E-state index in [4.69, 9.17) is 0 Å². The van der Waals surface area contributed by atoms with Crippen LogP contribution >= 0.6 is 0 Å². The molecule has 0 amide bonds. The van der Waals surface area contributed by atoms with Gasteiger partial charge in [0.1, 0.15) is 0 Å². The largest absolute Gasteiger partial charge is 0.196 e. The molecule has 0 saturated heterocycles. The van der Waals surface area contributed by atoms with Gasteiger partial charge in [-0.1, -0.05) is 29.5 Å². The summed E-state index contributed by atoms with van der Waals surface area (Å²) in [6, 6.07) is 7.64. The minimum absolute atomic E-state index is 0.773. The van der Waals surface area contributed by atoms with E-state index in [1.54, 1.807) is 6.20 Å². The van der Waals surface area contributed by atoms with E-state index < -0.39 is 0 Å². The van der Waals surface area contributed by atoms with Gasteiger partial charge in [0.05, 0.1) is 5.69 Å². The average Bonchev–Trinajstić information content (AvgIpc) is 2.06. The van der Waals surface area contributed by atoms with E-state index in [1.807, 2.05) is 30.3 Å². The van der Waals surface area contributed by atoms with Gasteiger partial charge < -0.3 is 0 Å². The standard InChI is InChI=1S/C9H8NO/c11-10-7-3-5-8-4-1-2-6-9(8)10/h1-4,6-7H,5H2. The van der Waals surface area contributed by atoms with Crippen LogP contribution in [0.4, 0.5) is 5.69 Å². The Labute approximate surface area is 65.3 Å². The lowest BCUT2D eigenvalue weighted by atomic mass is 10.1. The van der Waals surface area contributed by atoms with Crippen molar-refractivity contribution in [3.8, 4) is 0 Å². The third kappa shape index (κ3) is 1.01. The highest BCUT2D eigenvalue weighted by atomic mass is 16.5. The molecule has 1 aliphatic rings. The van der Waals surface area contributed by atoms with Crippen LogP contribution in [0.5, 0.6) is 0 Å². The zero-order chi connectivity index (χ0) is 7.68. The average molecular weight is 146 g/mol. The van der Waals surface area contributed by atoms with Crippen molar-refractivity contribution in [3.63, 3.8) is 0 Å². The van der Waals surface area contributed by atoms with Crippen LogP contribution in [-0.4, -0.2) is 0 Å². The van der Waals surface area contributed by atoms with E-state index in [-0.39, 0.29) is 0 Å². The van der Waals surface area contributed by atoms with Crippen molar-refractivity contribution < 1.29 is 5.21 Å². The molecular weight excluding hydrogens is 138 g/mol. The maximum atomic E-state index is 11.1. The lowest BCUT2D eigenvalue weighted by Gasteiger charge is -2.16. The third-order valence-electron chi connectivity index (χ3n) is 1.81. The summed E-state index contributed by atoms with van der Waals surface area (Å²) >= 11 is 0. The van der Waals surface area contributed by atoms with Crippen LogP contribution in [0.3, 0.4) is 0 Å². The Morgan fingerprint density at radius 1 is 1.27 bits per heavy atom. The van der Waals surface area contributed by atoms with Crippen molar-refractivity contribution in [2.75, 3.05) is 5.06 Å². The number of fused-ring (bicyclic) bond motifs is 1. The SMILES string of the molecule is [O]N1C=CCc2ccccc21. The molecule has 2 rings (SSSR count). The van der Waals surface area contributed by atoms with Gasteiger partial charge in [0.2, 0.25) is 0 Å². The van der Waals surface area contributed by atoms with Crippen LogP contribution in [0.25, 0.3) is 0 Å². The van der Waals surface area contributed by atoms with Gasteiger partial charge in [-0.15, -0.1) is 0 Å². The second-order valence-corrected chi connectivity index (χ2v) is 2.54. The summed E-state index contributed by atoms with van der Waals surface area (Å²) in [5.41, 5.74) is 1.88. The Morgan fingerprint density at radius 2 is 2.09 bits per heavy atom. The summed E-state index contributed by atoms with van der Waals surface area (Å²) in [6.45, 7) is 0. The molecule has 1 radical (unpaired) electrons. The van der Waals surface area contributed by atoms with E-state index in [1.165, 1.54) is 0 Å². The van der Waals surface area contributed by atoms with Gasteiger partial charge in [0, 0.05) is 6.20 Å². The smallest absolute Gasteiger partial charge is 0.0754 e. The summed E-state index contributed by atoms with van der Waals surface area (Å²) in [5.74, 6) is 0. The molecule has 0 N–H and O–H groups in total. The molecule has 0 bridgehead atoms. The van der Waals surface area contributed by atoms with Gasteiger partial charge in [0.15, 0.2) is 0 Å². The van der Waals surface area contributed by atoms with Crippen molar-refractivity contribution in [1.29, 1.82) is 0 Å². The zero-order valence-corrected chi connectivity index (χ0v) is 6.03. The molecular formula is C9H8NO. The first kappa shape index (κ1) is 6.43. The Morgan fingerprint density at radius 3 is 2.91 bits per heavy atom. The molecule has 11 heavy (non-hydrogen) atoms. The molecule has 0 unspecified atom stereocenters. The predicted octanol–water partition coefficient (Wildman–Crippen LogP) is 1.91. The number of hydrogen-bond acceptors (Lipinski definition) is 1. The molecule has 1 aromatic carbocycles. The highest BCUT2D eigenvalue weighted by molar-refractivity contribution is 5.56. The fourth-order valence-corrected chi connectivity index (χ4v) is 1.25. The minimum atomic E-state index is 0.773. The Kier molecular flexibility index (Phi) is 1.40. The molecule has 55 valence electrons. The van der Waals surface area contributed by atoms with Gasteiger partial charge in [-0.2, -0.15) is 5.06 Å². The quantitative estimate of drug-likeness (QED) is 0.548. The fourth-order valence-electron chi connectivity index (χ4n) is 1.25. The van der Waals surface area contributed by atoms with E-state index in [0.29, 0.717) is 0 Å². The van der Waals surface area contributed by atoms with E-state index >= 15 is 0 Å². The summed E-state index contributed by atoms with van der Waals surface area (Å²) in [7, 11) is 0. The molecule has 2 heteroatoms. The number of hydroxylamine groups is 1. The van der Waals surface area contributed by atoms with Gasteiger partial charge in [-0.05, 0) is 18.1 Å². The number of anilines is 1. The number of nitrogens with zero attached hydrogens (tertiary/aromatic N) is 1. The molecule has 1 heterocycles. The first-order chi connectivity index (χ1) is 5.38. The zero-order valence-electron chi connectivity index (χ0n) is 6.03. The van der Waals surface area contributed by atoms with E-state index in [0.717, 1.165) is 22.7 Å². The maximum Gasteiger partial charge on any atom is 0.0754 e. The predicted molar refractivity (Wildman–Crippen MR) is 42.5 cm³/mol. The van der Waals surface area contributed by atoms with Crippen molar-refractivity contribution in [2.45, 2.75) is 6.42 Å². The Hall–Kier alpha value is -1.28. The summed E-state index contributed by atoms with van der Waals surface area (Å²) in [5, 5.41) is 12.0. The topological polar surface area (TPSA) is 23.1 Å². The molecule has 0 fully saturated rings. The summed E-state index contributed by atoms with van der Waals surface area (Å²) in [6.07, 6.45) is 4.30. The number of hydrogen-bond donors (Lipinski definition) is 0. The molecule has 1 aliphatic heterocycles. The minimum Gasteiger partial charge on any atom is -0.196 e. The van der Waals surface area contributed by atoms with Crippen LogP contribution in [0, 0.1) is 0 Å². The molecule has 0 saturated carbocycles. The summed E-state index contributed by atoms with van der Waals surface area (Å²) in [4.78, 5) is 0.